The SMILES string of the molecule is CC(C)C(C)Sc1cc(C(=O)O)c(N)cc1F. The van der Waals surface area contributed by atoms with Gasteiger partial charge in [-0.25, -0.2) is 9.18 Å². The highest BCUT2D eigenvalue weighted by molar-refractivity contribution is 8.00. The van der Waals surface area contributed by atoms with Crippen LogP contribution in [0.2, 0.25) is 0 Å². The van der Waals surface area contributed by atoms with E-state index >= 15 is 0 Å². The van der Waals surface area contributed by atoms with Gasteiger partial charge in [-0.15, -0.1) is 11.8 Å². The van der Waals surface area contributed by atoms with Crippen molar-refractivity contribution >= 4 is 23.4 Å². The minimum atomic E-state index is -1.14. The fourth-order valence-corrected chi connectivity index (χ4v) is 2.21. The fraction of sp³-hybridized carbons (Fsp3) is 0.417. The van der Waals surface area contributed by atoms with Crippen molar-refractivity contribution in [2.24, 2.45) is 5.92 Å². The highest BCUT2D eigenvalue weighted by Gasteiger charge is 2.16. The zero-order chi connectivity index (χ0) is 13.2. The summed E-state index contributed by atoms with van der Waals surface area (Å²) in [5, 5.41) is 9.12. The van der Waals surface area contributed by atoms with Crippen LogP contribution < -0.4 is 5.73 Å². The molecule has 17 heavy (non-hydrogen) atoms. The maximum absolute atomic E-state index is 13.6. The lowest BCUT2D eigenvalue weighted by molar-refractivity contribution is 0.0697. The van der Waals surface area contributed by atoms with E-state index in [2.05, 4.69) is 0 Å². The van der Waals surface area contributed by atoms with Crippen molar-refractivity contribution in [3.63, 3.8) is 0 Å². The van der Waals surface area contributed by atoms with Crippen LogP contribution >= 0.6 is 11.8 Å². The van der Waals surface area contributed by atoms with Gasteiger partial charge in [0.2, 0.25) is 0 Å². The summed E-state index contributed by atoms with van der Waals surface area (Å²) >= 11 is 1.32. The van der Waals surface area contributed by atoms with E-state index in [1.54, 1.807) is 0 Å². The summed E-state index contributed by atoms with van der Waals surface area (Å²) in [6, 6.07) is 2.37. The number of nitrogen functional groups attached to an aromatic ring is 1. The van der Waals surface area contributed by atoms with Crippen molar-refractivity contribution in [3.05, 3.63) is 23.5 Å². The number of nitrogens with two attached hydrogens (primary N) is 1. The van der Waals surface area contributed by atoms with Crippen LogP contribution in [0.4, 0.5) is 10.1 Å². The lowest BCUT2D eigenvalue weighted by atomic mass is 10.1. The molecular formula is C12H16FNO2S. The van der Waals surface area contributed by atoms with Crippen LogP contribution in [0, 0.1) is 11.7 Å². The zero-order valence-corrected chi connectivity index (χ0v) is 10.8. The lowest BCUT2D eigenvalue weighted by Crippen LogP contribution is -2.08. The topological polar surface area (TPSA) is 63.3 Å². The maximum Gasteiger partial charge on any atom is 0.337 e. The van der Waals surface area contributed by atoms with Crippen molar-refractivity contribution in [1.82, 2.24) is 0 Å². The Hall–Kier alpha value is -1.23. The molecule has 3 nitrogen and oxygen atoms in total. The van der Waals surface area contributed by atoms with E-state index in [0.29, 0.717) is 10.8 Å². The molecular weight excluding hydrogens is 241 g/mol. The van der Waals surface area contributed by atoms with Gasteiger partial charge in [-0.2, -0.15) is 0 Å². The van der Waals surface area contributed by atoms with Gasteiger partial charge in [0, 0.05) is 15.8 Å². The molecule has 3 N–H and O–H groups in total. The molecule has 0 fully saturated rings. The summed E-state index contributed by atoms with van der Waals surface area (Å²) < 4.78 is 13.6. The number of hydrogen-bond donors (Lipinski definition) is 2. The highest BCUT2D eigenvalue weighted by atomic mass is 32.2. The highest BCUT2D eigenvalue weighted by Crippen LogP contribution is 2.32. The Morgan fingerprint density at radius 1 is 1.41 bits per heavy atom. The molecule has 1 aromatic carbocycles. The second-order valence-electron chi connectivity index (χ2n) is 4.24. The van der Waals surface area contributed by atoms with Gasteiger partial charge >= 0.3 is 5.97 Å². The molecule has 0 aliphatic rings. The lowest BCUT2D eigenvalue weighted by Gasteiger charge is -2.16. The predicted molar refractivity (Wildman–Crippen MR) is 67.9 cm³/mol. The third-order valence-electron chi connectivity index (χ3n) is 2.59. The summed E-state index contributed by atoms with van der Waals surface area (Å²) in [4.78, 5) is 11.2. The van der Waals surface area contributed by atoms with E-state index in [-0.39, 0.29) is 16.5 Å². The van der Waals surface area contributed by atoms with Crippen LogP contribution in [0.1, 0.15) is 31.1 Å². The molecule has 5 heteroatoms. The number of hydrogen-bond acceptors (Lipinski definition) is 3. The van der Waals surface area contributed by atoms with E-state index in [1.165, 1.54) is 17.8 Å². The van der Waals surface area contributed by atoms with E-state index < -0.39 is 11.8 Å². The first-order valence-electron chi connectivity index (χ1n) is 5.32. The fourth-order valence-electron chi connectivity index (χ4n) is 1.18. The van der Waals surface area contributed by atoms with Crippen molar-refractivity contribution in [2.75, 3.05) is 5.73 Å². The summed E-state index contributed by atoms with van der Waals surface area (Å²) in [7, 11) is 0. The zero-order valence-electron chi connectivity index (χ0n) is 10.0. The largest absolute Gasteiger partial charge is 0.478 e. The number of thioether (sulfide) groups is 1. The Bertz CT molecular complexity index is 435. The van der Waals surface area contributed by atoms with Crippen LogP contribution in [-0.2, 0) is 0 Å². The number of rotatable bonds is 4. The molecule has 0 spiro atoms. The normalized spacial score (nSPS) is 12.8. The smallest absolute Gasteiger partial charge is 0.337 e. The maximum atomic E-state index is 13.6. The number of carbonyl (C=O) groups is 1. The summed E-state index contributed by atoms with van der Waals surface area (Å²) in [6.07, 6.45) is 0. The number of carboxylic acid groups (broad SMARTS) is 1. The molecule has 0 aliphatic carbocycles. The molecule has 0 aromatic heterocycles. The quantitative estimate of drug-likeness (QED) is 0.642. The molecule has 0 radical (unpaired) electrons. The van der Waals surface area contributed by atoms with Crippen LogP contribution in [0.3, 0.4) is 0 Å². The van der Waals surface area contributed by atoms with Crippen molar-refractivity contribution in [2.45, 2.75) is 30.9 Å². The van der Waals surface area contributed by atoms with Crippen molar-refractivity contribution in [1.29, 1.82) is 0 Å². The Morgan fingerprint density at radius 3 is 2.47 bits per heavy atom. The Labute approximate surface area is 104 Å². The molecule has 1 aromatic rings. The van der Waals surface area contributed by atoms with Gasteiger partial charge in [0.1, 0.15) is 5.82 Å². The average Bonchev–Trinajstić information content (AvgIpc) is 2.21. The van der Waals surface area contributed by atoms with Gasteiger partial charge in [0.25, 0.3) is 0 Å². The summed E-state index contributed by atoms with van der Waals surface area (Å²) in [5.41, 5.74) is 5.36. The van der Waals surface area contributed by atoms with E-state index in [1.807, 2.05) is 20.8 Å². The minimum Gasteiger partial charge on any atom is -0.478 e. The van der Waals surface area contributed by atoms with E-state index in [9.17, 15) is 9.18 Å². The minimum absolute atomic E-state index is 0.0449. The number of aromatic carboxylic acids is 1. The summed E-state index contributed by atoms with van der Waals surface area (Å²) in [6.45, 7) is 6.04. The van der Waals surface area contributed by atoms with Gasteiger partial charge in [-0.05, 0) is 18.1 Å². The number of halogens is 1. The molecule has 0 saturated carbocycles. The second-order valence-corrected chi connectivity index (χ2v) is 5.66. The molecule has 1 rings (SSSR count). The molecule has 0 aliphatic heterocycles. The molecule has 94 valence electrons. The summed E-state index contributed by atoms with van der Waals surface area (Å²) in [5.74, 6) is -1.23. The number of carboxylic acids is 1. The van der Waals surface area contributed by atoms with Crippen LogP contribution in [0.25, 0.3) is 0 Å². The first-order chi connectivity index (χ1) is 7.82. The van der Waals surface area contributed by atoms with Gasteiger partial charge in [-0.3, -0.25) is 0 Å². The Kier molecular flexibility index (Phi) is 4.40. The predicted octanol–water partition coefficient (Wildman–Crippen LogP) is 3.24. The van der Waals surface area contributed by atoms with Crippen molar-refractivity contribution < 1.29 is 14.3 Å². The number of anilines is 1. The first-order valence-corrected chi connectivity index (χ1v) is 6.19. The third-order valence-corrected chi connectivity index (χ3v) is 4.07. The van der Waals surface area contributed by atoms with Crippen LogP contribution in [0.15, 0.2) is 17.0 Å². The van der Waals surface area contributed by atoms with Crippen LogP contribution in [-0.4, -0.2) is 16.3 Å². The van der Waals surface area contributed by atoms with Crippen molar-refractivity contribution in [3.8, 4) is 0 Å². The monoisotopic (exact) mass is 257 g/mol. The van der Waals surface area contributed by atoms with E-state index in [0.717, 1.165) is 6.07 Å². The third kappa shape index (κ3) is 3.36. The van der Waals surface area contributed by atoms with E-state index in [4.69, 9.17) is 10.8 Å². The van der Waals surface area contributed by atoms with Gasteiger partial charge in [-0.1, -0.05) is 20.8 Å². The van der Waals surface area contributed by atoms with Gasteiger partial charge < -0.3 is 10.8 Å². The molecule has 0 heterocycles. The first kappa shape index (κ1) is 13.8. The average molecular weight is 257 g/mol. The Balaban J connectivity index is 3.08. The molecule has 0 bridgehead atoms. The van der Waals surface area contributed by atoms with Crippen LogP contribution in [0.5, 0.6) is 0 Å². The van der Waals surface area contributed by atoms with Gasteiger partial charge in [0.05, 0.1) is 5.56 Å². The molecule has 1 atom stereocenters. The second kappa shape index (κ2) is 5.40. The molecule has 1 unspecified atom stereocenters. The molecule has 0 saturated heterocycles. The number of benzene rings is 1. The van der Waals surface area contributed by atoms with Gasteiger partial charge in [0.15, 0.2) is 0 Å². The molecule has 0 amide bonds. The standard InChI is InChI=1S/C12H16FNO2S/c1-6(2)7(3)17-11-4-8(12(15)16)10(14)5-9(11)13/h4-7H,14H2,1-3H3,(H,15,16). The Morgan fingerprint density at radius 2 is 2.00 bits per heavy atom.